The predicted molar refractivity (Wildman–Crippen MR) is 71.2 cm³/mol. The maximum absolute atomic E-state index is 12.6. The number of hydrogen-bond acceptors (Lipinski definition) is 0. The minimum absolute atomic E-state index is 0.518. The normalized spacial score (nSPS) is 10.4. The molecular weight excluding hydrogens is 211 g/mol. The lowest BCUT2D eigenvalue weighted by Crippen LogP contribution is -1.80. The Labute approximate surface area is 102 Å². The largest absolute Gasteiger partial charge is 0.208 e. The van der Waals surface area contributed by atoms with Crippen molar-refractivity contribution in [3.8, 4) is 11.8 Å². The van der Waals surface area contributed by atoms with Gasteiger partial charge in [0.15, 0.2) is 0 Å². The predicted octanol–water partition coefficient (Wildman–Crippen LogP) is 4.20. The molecular formula is C16H15F. The summed E-state index contributed by atoms with van der Waals surface area (Å²) in [6.07, 6.45) is 3.78. The first-order chi connectivity index (χ1) is 8.15. The molecule has 0 bridgehead atoms. The van der Waals surface area contributed by atoms with E-state index in [9.17, 15) is 4.39 Å². The van der Waals surface area contributed by atoms with Gasteiger partial charge in [-0.2, -0.15) is 0 Å². The minimum Gasteiger partial charge on any atom is -0.208 e. The summed E-state index contributed by atoms with van der Waals surface area (Å²) in [5.41, 5.74) is 2.70. The van der Waals surface area contributed by atoms with Gasteiger partial charge in [0, 0.05) is 11.1 Å². The second-order valence-electron chi connectivity index (χ2n) is 3.55. The zero-order chi connectivity index (χ0) is 12.7. The molecule has 1 aromatic carbocycles. The van der Waals surface area contributed by atoms with E-state index in [2.05, 4.69) is 31.9 Å². The van der Waals surface area contributed by atoms with E-state index in [1.54, 1.807) is 0 Å². The third kappa shape index (κ3) is 4.53. The zero-order valence-corrected chi connectivity index (χ0v) is 9.96. The van der Waals surface area contributed by atoms with Crippen molar-refractivity contribution in [3.63, 3.8) is 0 Å². The first kappa shape index (κ1) is 13.0. The molecule has 0 aliphatic rings. The van der Waals surface area contributed by atoms with E-state index in [0.717, 1.165) is 12.0 Å². The lowest BCUT2D eigenvalue weighted by Gasteiger charge is -1.95. The minimum atomic E-state index is -0.518. The van der Waals surface area contributed by atoms with Crippen molar-refractivity contribution in [3.05, 3.63) is 72.1 Å². The molecule has 0 saturated heterocycles. The maximum Gasteiger partial charge on any atom is 0.117 e. The number of aryl methyl sites for hydroxylation is 1. The van der Waals surface area contributed by atoms with Crippen LogP contribution in [0.4, 0.5) is 4.39 Å². The maximum atomic E-state index is 12.6. The first-order valence-corrected chi connectivity index (χ1v) is 5.45. The molecule has 0 spiro atoms. The highest BCUT2D eigenvalue weighted by Gasteiger charge is 1.90. The number of rotatable bonds is 3. The molecule has 0 nitrogen and oxygen atoms in total. The van der Waals surface area contributed by atoms with Gasteiger partial charge in [0.2, 0.25) is 0 Å². The Hall–Kier alpha value is -2.07. The van der Waals surface area contributed by atoms with Crippen LogP contribution < -0.4 is 0 Å². The van der Waals surface area contributed by atoms with Gasteiger partial charge in [-0.25, -0.2) is 4.39 Å². The van der Waals surface area contributed by atoms with Crippen molar-refractivity contribution in [1.82, 2.24) is 0 Å². The van der Waals surface area contributed by atoms with Crippen LogP contribution in [0, 0.1) is 11.8 Å². The Kier molecular flexibility index (Phi) is 4.97. The van der Waals surface area contributed by atoms with E-state index in [1.165, 1.54) is 17.7 Å². The van der Waals surface area contributed by atoms with Crippen LogP contribution in [0.5, 0.6) is 0 Å². The molecule has 0 heterocycles. The molecule has 86 valence electrons. The number of halogens is 1. The van der Waals surface area contributed by atoms with E-state index in [-0.39, 0.29) is 0 Å². The smallest absolute Gasteiger partial charge is 0.117 e. The van der Waals surface area contributed by atoms with E-state index < -0.39 is 5.83 Å². The summed E-state index contributed by atoms with van der Waals surface area (Å²) in [7, 11) is 0. The summed E-state index contributed by atoms with van der Waals surface area (Å²) in [6, 6.07) is 7.98. The number of allylic oxidation sites excluding steroid dienone is 4. The van der Waals surface area contributed by atoms with Crippen LogP contribution in [0.3, 0.4) is 0 Å². The molecule has 0 unspecified atom stereocenters. The highest BCUT2D eigenvalue weighted by Crippen LogP contribution is 2.05. The summed E-state index contributed by atoms with van der Waals surface area (Å²) >= 11 is 0. The molecule has 0 atom stereocenters. The van der Waals surface area contributed by atoms with Gasteiger partial charge in [-0.1, -0.05) is 50.1 Å². The monoisotopic (exact) mass is 226 g/mol. The van der Waals surface area contributed by atoms with Crippen molar-refractivity contribution in [2.75, 3.05) is 0 Å². The van der Waals surface area contributed by atoms with E-state index >= 15 is 0 Å². The molecule has 0 radical (unpaired) electrons. The Morgan fingerprint density at radius 2 is 2.00 bits per heavy atom. The third-order valence-electron chi connectivity index (χ3n) is 2.25. The molecule has 0 N–H and O–H groups in total. The Morgan fingerprint density at radius 3 is 2.47 bits per heavy atom. The summed E-state index contributed by atoms with van der Waals surface area (Å²) in [4.78, 5) is 0. The first-order valence-electron chi connectivity index (χ1n) is 5.45. The zero-order valence-electron chi connectivity index (χ0n) is 9.96. The fraction of sp³-hybridized carbons (Fsp3) is 0.125. The highest BCUT2D eigenvalue weighted by molar-refractivity contribution is 5.46. The van der Waals surface area contributed by atoms with Gasteiger partial charge in [0.25, 0.3) is 0 Å². The lowest BCUT2D eigenvalue weighted by atomic mass is 10.1. The average molecular weight is 226 g/mol. The second kappa shape index (κ2) is 6.50. The molecule has 1 aromatic rings. The van der Waals surface area contributed by atoms with Crippen molar-refractivity contribution in [1.29, 1.82) is 0 Å². The summed E-state index contributed by atoms with van der Waals surface area (Å²) in [5.74, 6) is 5.28. The van der Waals surface area contributed by atoms with E-state index in [1.807, 2.05) is 24.3 Å². The molecule has 0 saturated carbocycles. The highest BCUT2D eigenvalue weighted by atomic mass is 19.1. The fourth-order valence-corrected chi connectivity index (χ4v) is 1.28. The van der Waals surface area contributed by atoms with Crippen LogP contribution in [0.2, 0.25) is 0 Å². The Balaban J connectivity index is 2.89. The van der Waals surface area contributed by atoms with Crippen molar-refractivity contribution in [2.24, 2.45) is 0 Å². The molecule has 0 aliphatic carbocycles. The molecule has 17 heavy (non-hydrogen) atoms. The van der Waals surface area contributed by atoms with Gasteiger partial charge >= 0.3 is 0 Å². The Morgan fingerprint density at radius 1 is 1.35 bits per heavy atom. The molecule has 0 amide bonds. The number of hydrogen-bond donors (Lipinski definition) is 0. The van der Waals surface area contributed by atoms with Crippen LogP contribution in [-0.2, 0) is 6.42 Å². The van der Waals surface area contributed by atoms with Crippen LogP contribution in [0.1, 0.15) is 18.1 Å². The summed E-state index contributed by atoms with van der Waals surface area (Å²) in [5, 5.41) is 0. The molecule has 0 aliphatic heterocycles. The van der Waals surface area contributed by atoms with Crippen LogP contribution in [0.25, 0.3) is 0 Å². The van der Waals surface area contributed by atoms with Crippen LogP contribution >= 0.6 is 0 Å². The van der Waals surface area contributed by atoms with Crippen molar-refractivity contribution >= 4 is 0 Å². The van der Waals surface area contributed by atoms with Gasteiger partial charge in [0.1, 0.15) is 5.83 Å². The average Bonchev–Trinajstić information content (AvgIpc) is 2.34. The van der Waals surface area contributed by atoms with Gasteiger partial charge in [-0.05, 0) is 30.2 Å². The van der Waals surface area contributed by atoms with Gasteiger partial charge in [-0.15, -0.1) is 0 Å². The molecule has 1 rings (SSSR count). The second-order valence-corrected chi connectivity index (χ2v) is 3.55. The van der Waals surface area contributed by atoms with Crippen molar-refractivity contribution < 1.29 is 4.39 Å². The van der Waals surface area contributed by atoms with Crippen LogP contribution in [-0.4, -0.2) is 0 Å². The van der Waals surface area contributed by atoms with Gasteiger partial charge < -0.3 is 0 Å². The van der Waals surface area contributed by atoms with Crippen molar-refractivity contribution in [2.45, 2.75) is 13.3 Å². The van der Waals surface area contributed by atoms with E-state index in [4.69, 9.17) is 0 Å². The molecule has 1 heteroatoms. The van der Waals surface area contributed by atoms with Gasteiger partial charge in [-0.3, -0.25) is 0 Å². The Bertz CT molecular complexity index is 493. The molecule has 0 aromatic heterocycles. The van der Waals surface area contributed by atoms with E-state index in [0.29, 0.717) is 5.57 Å². The third-order valence-corrected chi connectivity index (χ3v) is 2.25. The quantitative estimate of drug-likeness (QED) is 0.535. The van der Waals surface area contributed by atoms with Crippen LogP contribution in [0.15, 0.2) is 61.0 Å². The SMILES string of the molecule is C=C/C(C#Cc1ccc(CC)cc1)=C\C(=C)F. The number of benzene rings is 1. The van der Waals surface area contributed by atoms with Gasteiger partial charge in [0.05, 0.1) is 0 Å². The summed E-state index contributed by atoms with van der Waals surface area (Å²) < 4.78 is 12.6. The standard InChI is InChI=1S/C16H15F/c1-4-14-6-9-16(10-7-14)11-8-15(5-2)12-13(3)17/h5-7,9-10,12H,2-4H2,1H3/b15-12+. The topological polar surface area (TPSA) is 0 Å². The molecule has 0 fully saturated rings. The fourth-order valence-electron chi connectivity index (χ4n) is 1.28. The lowest BCUT2D eigenvalue weighted by molar-refractivity contribution is 0.671. The summed E-state index contributed by atoms with van der Waals surface area (Å²) in [6.45, 7) is 8.84.